The number of hydrogen-bond acceptors (Lipinski definition) is 3. The highest BCUT2D eigenvalue weighted by atomic mass is 16.4. The van der Waals surface area contributed by atoms with Crippen molar-refractivity contribution in [3.63, 3.8) is 0 Å². The molecule has 0 bridgehead atoms. The summed E-state index contributed by atoms with van der Waals surface area (Å²) in [7, 11) is 0. The molecule has 2 unspecified atom stereocenters. The highest BCUT2D eigenvalue weighted by Gasteiger charge is 2.26. The van der Waals surface area contributed by atoms with Gasteiger partial charge in [-0.1, -0.05) is 6.92 Å². The standard InChI is InChI=1S/C11H21N3O3/c1-2-9(10(15)16)6-13-11(17)14-4-3-8(5-12)7-14/h8-9H,2-7,12H2,1H3,(H,13,17)(H,15,16). The fourth-order valence-electron chi connectivity index (χ4n) is 1.94. The number of carboxylic acids is 1. The smallest absolute Gasteiger partial charge is 0.317 e. The van der Waals surface area contributed by atoms with Gasteiger partial charge in [-0.2, -0.15) is 0 Å². The Balaban J connectivity index is 2.32. The number of carbonyl (C=O) groups is 2. The Labute approximate surface area is 101 Å². The van der Waals surface area contributed by atoms with Crippen LogP contribution in [0.5, 0.6) is 0 Å². The van der Waals surface area contributed by atoms with Crippen LogP contribution in [0.4, 0.5) is 4.79 Å². The second-order valence-electron chi connectivity index (χ2n) is 4.47. The van der Waals surface area contributed by atoms with Crippen molar-refractivity contribution in [2.75, 3.05) is 26.2 Å². The van der Waals surface area contributed by atoms with E-state index in [0.717, 1.165) is 6.42 Å². The molecule has 0 radical (unpaired) electrons. The molecule has 0 spiro atoms. The normalized spacial score (nSPS) is 21.3. The zero-order valence-electron chi connectivity index (χ0n) is 10.2. The molecule has 2 atom stereocenters. The summed E-state index contributed by atoms with van der Waals surface area (Å²) in [6.45, 7) is 3.96. The maximum absolute atomic E-state index is 11.7. The third kappa shape index (κ3) is 3.89. The maximum atomic E-state index is 11.7. The fraction of sp³-hybridized carbons (Fsp3) is 0.818. The Hall–Kier alpha value is -1.30. The molecule has 0 aromatic rings. The highest BCUT2D eigenvalue weighted by Crippen LogP contribution is 2.14. The molecule has 1 aliphatic heterocycles. The number of nitrogens with zero attached hydrogens (tertiary/aromatic N) is 1. The van der Waals surface area contributed by atoms with Crippen LogP contribution in [0, 0.1) is 11.8 Å². The quantitative estimate of drug-likeness (QED) is 0.637. The van der Waals surface area contributed by atoms with Gasteiger partial charge in [0, 0.05) is 19.6 Å². The fourth-order valence-corrected chi connectivity index (χ4v) is 1.94. The largest absolute Gasteiger partial charge is 0.481 e. The van der Waals surface area contributed by atoms with Crippen molar-refractivity contribution >= 4 is 12.0 Å². The molecule has 98 valence electrons. The Bertz CT molecular complexity index is 283. The first-order valence-electron chi connectivity index (χ1n) is 6.04. The van der Waals surface area contributed by atoms with Crippen LogP contribution in [0.15, 0.2) is 0 Å². The topological polar surface area (TPSA) is 95.7 Å². The van der Waals surface area contributed by atoms with Gasteiger partial charge in [-0.25, -0.2) is 4.79 Å². The van der Waals surface area contributed by atoms with E-state index in [1.807, 2.05) is 0 Å². The predicted octanol–water partition coefficient (Wildman–Crippen LogP) is 0.0874. The van der Waals surface area contributed by atoms with Crippen LogP contribution in [0.2, 0.25) is 0 Å². The van der Waals surface area contributed by atoms with Crippen molar-refractivity contribution in [2.24, 2.45) is 17.6 Å². The van der Waals surface area contributed by atoms with E-state index in [1.165, 1.54) is 0 Å². The van der Waals surface area contributed by atoms with Gasteiger partial charge in [0.15, 0.2) is 0 Å². The lowest BCUT2D eigenvalue weighted by atomic mass is 10.1. The van der Waals surface area contributed by atoms with Gasteiger partial charge in [-0.15, -0.1) is 0 Å². The number of amides is 2. The van der Waals surface area contributed by atoms with Gasteiger partial charge in [0.05, 0.1) is 5.92 Å². The Morgan fingerprint density at radius 2 is 2.29 bits per heavy atom. The van der Waals surface area contributed by atoms with E-state index in [1.54, 1.807) is 11.8 Å². The molecule has 1 saturated heterocycles. The molecule has 6 nitrogen and oxygen atoms in total. The summed E-state index contributed by atoms with van der Waals surface area (Å²) in [6, 6.07) is -0.180. The number of carboxylic acid groups (broad SMARTS) is 1. The Morgan fingerprint density at radius 1 is 1.59 bits per heavy atom. The molecule has 17 heavy (non-hydrogen) atoms. The SMILES string of the molecule is CCC(CNC(=O)N1CCC(CN)C1)C(=O)O. The van der Waals surface area contributed by atoms with Crippen LogP contribution in [0.1, 0.15) is 19.8 Å². The molecule has 1 heterocycles. The van der Waals surface area contributed by atoms with Gasteiger partial charge in [-0.05, 0) is 25.3 Å². The number of carbonyl (C=O) groups excluding carboxylic acids is 1. The molecule has 1 rings (SSSR count). The van der Waals surface area contributed by atoms with Gasteiger partial charge in [-0.3, -0.25) is 4.79 Å². The molecule has 0 aromatic carbocycles. The Kier molecular flexibility index (Phi) is 5.21. The molecule has 0 saturated carbocycles. The van der Waals surface area contributed by atoms with Crippen molar-refractivity contribution in [1.82, 2.24) is 10.2 Å². The van der Waals surface area contributed by atoms with E-state index in [0.29, 0.717) is 32.0 Å². The minimum absolute atomic E-state index is 0.180. The minimum Gasteiger partial charge on any atom is -0.481 e. The van der Waals surface area contributed by atoms with Gasteiger partial charge in [0.2, 0.25) is 0 Å². The summed E-state index contributed by atoms with van der Waals surface area (Å²) in [4.78, 5) is 24.2. The minimum atomic E-state index is -0.867. The summed E-state index contributed by atoms with van der Waals surface area (Å²) in [5.41, 5.74) is 5.54. The average molecular weight is 243 g/mol. The van der Waals surface area contributed by atoms with Crippen LogP contribution in [0.25, 0.3) is 0 Å². The van der Waals surface area contributed by atoms with Crippen LogP contribution < -0.4 is 11.1 Å². The summed E-state index contributed by atoms with van der Waals surface area (Å²) in [6.07, 6.45) is 1.45. The van der Waals surface area contributed by atoms with Gasteiger partial charge in [0.1, 0.15) is 0 Å². The molecule has 0 aliphatic carbocycles. The monoisotopic (exact) mass is 243 g/mol. The molecule has 6 heteroatoms. The third-order valence-corrected chi connectivity index (χ3v) is 3.25. The van der Waals surface area contributed by atoms with Gasteiger partial charge in [0.25, 0.3) is 0 Å². The average Bonchev–Trinajstić information content (AvgIpc) is 2.77. The second-order valence-corrected chi connectivity index (χ2v) is 4.47. The first-order valence-corrected chi connectivity index (χ1v) is 6.04. The highest BCUT2D eigenvalue weighted by molar-refractivity contribution is 5.76. The number of rotatable bonds is 5. The van der Waals surface area contributed by atoms with E-state index in [9.17, 15) is 9.59 Å². The molecule has 1 aliphatic rings. The number of likely N-dealkylation sites (tertiary alicyclic amines) is 1. The zero-order chi connectivity index (χ0) is 12.8. The van der Waals surface area contributed by atoms with Crippen molar-refractivity contribution in [1.29, 1.82) is 0 Å². The molecule has 0 aromatic heterocycles. The lowest BCUT2D eigenvalue weighted by Crippen LogP contribution is -2.42. The first-order chi connectivity index (χ1) is 8.08. The van der Waals surface area contributed by atoms with E-state index >= 15 is 0 Å². The van der Waals surface area contributed by atoms with Crippen molar-refractivity contribution in [3.05, 3.63) is 0 Å². The van der Waals surface area contributed by atoms with E-state index in [2.05, 4.69) is 5.32 Å². The Morgan fingerprint density at radius 3 is 2.76 bits per heavy atom. The number of aliphatic carboxylic acids is 1. The maximum Gasteiger partial charge on any atom is 0.317 e. The molecular weight excluding hydrogens is 222 g/mol. The molecule has 2 amide bonds. The number of nitrogens with one attached hydrogen (secondary N) is 1. The zero-order valence-corrected chi connectivity index (χ0v) is 10.2. The molecule has 1 fully saturated rings. The van der Waals surface area contributed by atoms with Crippen molar-refractivity contribution < 1.29 is 14.7 Å². The summed E-state index contributed by atoms with van der Waals surface area (Å²) in [5.74, 6) is -0.997. The van der Waals surface area contributed by atoms with E-state index in [4.69, 9.17) is 10.8 Å². The third-order valence-electron chi connectivity index (χ3n) is 3.25. The summed E-state index contributed by atoms with van der Waals surface area (Å²) < 4.78 is 0. The lowest BCUT2D eigenvalue weighted by molar-refractivity contribution is -0.141. The molecular formula is C11H21N3O3. The lowest BCUT2D eigenvalue weighted by Gasteiger charge is -2.18. The summed E-state index contributed by atoms with van der Waals surface area (Å²) >= 11 is 0. The van der Waals surface area contributed by atoms with Crippen LogP contribution in [-0.4, -0.2) is 48.2 Å². The van der Waals surface area contributed by atoms with Gasteiger partial charge >= 0.3 is 12.0 Å². The molecule has 4 N–H and O–H groups in total. The van der Waals surface area contributed by atoms with Crippen LogP contribution in [0.3, 0.4) is 0 Å². The summed E-state index contributed by atoms with van der Waals surface area (Å²) in [5, 5.41) is 11.5. The van der Waals surface area contributed by atoms with Crippen molar-refractivity contribution in [2.45, 2.75) is 19.8 Å². The van der Waals surface area contributed by atoms with Crippen LogP contribution in [-0.2, 0) is 4.79 Å². The number of nitrogens with two attached hydrogens (primary N) is 1. The van der Waals surface area contributed by atoms with Gasteiger partial charge < -0.3 is 21.1 Å². The van der Waals surface area contributed by atoms with E-state index < -0.39 is 11.9 Å². The van der Waals surface area contributed by atoms with Crippen molar-refractivity contribution in [3.8, 4) is 0 Å². The first kappa shape index (κ1) is 13.8. The number of hydrogen-bond donors (Lipinski definition) is 3. The van der Waals surface area contributed by atoms with Crippen LogP contribution >= 0.6 is 0 Å². The van der Waals surface area contributed by atoms with E-state index in [-0.39, 0.29) is 12.6 Å². The number of urea groups is 1. The predicted molar refractivity (Wildman–Crippen MR) is 63.5 cm³/mol. The second kappa shape index (κ2) is 6.44.